The average Bonchev–Trinajstić information content (AvgIpc) is 0.754. The summed E-state index contributed by atoms with van der Waals surface area (Å²) in [6.45, 7) is 25.8. The summed E-state index contributed by atoms with van der Waals surface area (Å²) >= 11 is 43.2. The Balaban J connectivity index is 0.000000227. The second-order valence-electron chi connectivity index (χ2n) is 25.1. The molecule has 0 aliphatic rings. The van der Waals surface area contributed by atoms with Crippen LogP contribution in [0.25, 0.3) is 0 Å². The molecule has 0 radical (unpaired) electrons. The van der Waals surface area contributed by atoms with Crippen LogP contribution in [-0.4, -0.2) is 70.8 Å². The van der Waals surface area contributed by atoms with Crippen LogP contribution in [-0.2, 0) is 86.0 Å². The van der Waals surface area contributed by atoms with Crippen LogP contribution in [0.1, 0.15) is 162 Å². The van der Waals surface area contributed by atoms with Crippen LogP contribution in [0, 0.1) is 13.8 Å². The Hall–Kier alpha value is -2.70. The van der Waals surface area contributed by atoms with Gasteiger partial charge < -0.3 is 59.1 Å². The van der Waals surface area contributed by atoms with Crippen LogP contribution < -0.4 is 4.74 Å². The van der Waals surface area contributed by atoms with E-state index in [1.165, 1.54) is 0 Å². The Morgan fingerprint density at radius 2 is 0.486 bits per heavy atom. The Bertz CT molecular complexity index is 4120. The molecule has 0 unspecified atom stereocenters. The van der Waals surface area contributed by atoms with E-state index in [1.807, 2.05) is 109 Å². The van der Waals surface area contributed by atoms with Crippen LogP contribution in [0.4, 0.5) is 0 Å². The topological polar surface area (TPSA) is 177 Å². The minimum Gasteiger partial charge on any atom is -0.507 e. The highest BCUT2D eigenvalue weighted by Crippen LogP contribution is 2.52. The van der Waals surface area contributed by atoms with E-state index in [2.05, 4.69) is 267 Å². The highest BCUT2D eigenvalue weighted by Gasteiger charge is 2.39. The molecular formula is C81H84Br12O12. The molecule has 0 heterocycles. The highest BCUT2D eigenvalue weighted by molar-refractivity contribution is 9.12. The zero-order valence-electron chi connectivity index (χ0n) is 60.0. The maximum absolute atomic E-state index is 11.3. The zero-order valence-corrected chi connectivity index (χ0v) is 79.1. The van der Waals surface area contributed by atoms with E-state index in [0.717, 1.165) is 114 Å². The van der Waals surface area contributed by atoms with Crippen molar-refractivity contribution < 1.29 is 59.1 Å². The predicted octanol–water partition coefficient (Wildman–Crippen LogP) is 26.2. The van der Waals surface area contributed by atoms with Gasteiger partial charge in [-0.1, -0.05) is 109 Å². The third-order valence-corrected chi connectivity index (χ3v) is 27.1. The van der Waals surface area contributed by atoms with Crippen molar-refractivity contribution in [3.05, 3.63) is 263 Å². The fraction of sp³-hybridized carbons (Fsp3) is 0.333. The molecule has 0 fully saturated rings. The lowest BCUT2D eigenvalue weighted by atomic mass is 9.69. The van der Waals surface area contributed by atoms with Crippen molar-refractivity contribution in [2.24, 2.45) is 0 Å². The molecule has 0 saturated heterocycles. The Kier molecular flexibility index (Phi) is 34.2. The van der Waals surface area contributed by atoms with Gasteiger partial charge in [-0.15, -0.1) is 0 Å². The second-order valence-corrected chi connectivity index (χ2v) is 35.4. The van der Waals surface area contributed by atoms with Crippen molar-refractivity contribution in [3.63, 3.8) is 0 Å². The third-order valence-electron chi connectivity index (χ3n) is 18.8. The lowest BCUT2D eigenvalue weighted by Gasteiger charge is -2.35. The molecule has 24 heteroatoms. The molecule has 0 bridgehead atoms. The summed E-state index contributed by atoms with van der Waals surface area (Å²) in [4.78, 5) is 0. The van der Waals surface area contributed by atoms with Crippen LogP contribution in [0.5, 0.6) is 34.5 Å². The summed E-state index contributed by atoms with van der Waals surface area (Å²) in [6.07, 6.45) is 0.621. The number of aliphatic hydroxyl groups excluding tert-OH is 1. The summed E-state index contributed by atoms with van der Waals surface area (Å²) < 4.78 is 44.2. The molecule has 105 heavy (non-hydrogen) atoms. The first-order valence-electron chi connectivity index (χ1n) is 33.6. The summed E-state index contributed by atoms with van der Waals surface area (Å²) in [6, 6.07) is 36.5. The number of methoxy groups -OCH3 is 1. The van der Waals surface area contributed by atoms with Crippen LogP contribution in [0.15, 0.2) is 163 Å². The van der Waals surface area contributed by atoms with E-state index in [1.54, 1.807) is 7.11 Å². The number of rotatable bonds is 27. The summed E-state index contributed by atoms with van der Waals surface area (Å²) in [7, 11) is 1.65. The smallest absolute Gasteiger partial charge is 0.147 e. The molecule has 9 aromatic carbocycles. The monoisotopic (exact) mass is 2200 g/mol. The van der Waals surface area contributed by atoms with Gasteiger partial charge >= 0.3 is 0 Å². The number of aryl methyl sites for hydroxylation is 1. The van der Waals surface area contributed by atoms with Crippen molar-refractivity contribution in [1.82, 2.24) is 0 Å². The normalized spacial score (nSPS) is 12.2. The molecule has 0 aliphatic carbocycles. The molecule has 6 N–H and O–H groups in total. The van der Waals surface area contributed by atoms with E-state index < -0.39 is 16.2 Å². The molecule has 0 aromatic heterocycles. The van der Waals surface area contributed by atoms with Gasteiger partial charge in [0.25, 0.3) is 0 Å². The van der Waals surface area contributed by atoms with Gasteiger partial charge in [0, 0.05) is 109 Å². The molecule has 12 nitrogen and oxygen atoms in total. The average molecular weight is 2210 g/mol. The van der Waals surface area contributed by atoms with Gasteiger partial charge in [-0.3, -0.25) is 0 Å². The van der Waals surface area contributed by atoms with E-state index >= 15 is 0 Å². The molecule has 0 aliphatic heterocycles. The minimum atomic E-state index is -0.830. The molecule has 0 amide bonds. The number of phenols is 5. The lowest BCUT2D eigenvalue weighted by molar-refractivity contribution is 0.126. The van der Waals surface area contributed by atoms with E-state index in [-0.39, 0.29) is 68.4 Å². The number of hydrogen-bond acceptors (Lipinski definition) is 12. The largest absolute Gasteiger partial charge is 0.507 e. The zero-order chi connectivity index (χ0) is 77.7. The molecule has 0 saturated carbocycles. The summed E-state index contributed by atoms with van der Waals surface area (Å²) in [5.74, 6) is 1.58. The van der Waals surface area contributed by atoms with Gasteiger partial charge in [-0.2, -0.15) is 0 Å². The Morgan fingerprint density at radius 3 is 0.705 bits per heavy atom. The molecular weight excluding hydrogens is 2120 g/mol. The van der Waals surface area contributed by atoms with Crippen molar-refractivity contribution >= 4 is 191 Å². The van der Waals surface area contributed by atoms with Crippen molar-refractivity contribution in [3.8, 4) is 34.5 Å². The quantitative estimate of drug-likeness (QED) is 0.0269. The van der Waals surface area contributed by atoms with Crippen LogP contribution >= 0.6 is 191 Å². The fourth-order valence-corrected chi connectivity index (χ4v) is 19.9. The number of hydrogen-bond donors (Lipinski definition) is 6. The van der Waals surface area contributed by atoms with Crippen LogP contribution in [0.3, 0.4) is 0 Å². The van der Waals surface area contributed by atoms with Crippen LogP contribution in [0.2, 0.25) is 0 Å². The summed E-state index contributed by atoms with van der Waals surface area (Å²) in [5.41, 5.74) is 14.2. The highest BCUT2D eigenvalue weighted by atomic mass is 79.9. The maximum atomic E-state index is 11.3. The van der Waals surface area contributed by atoms with E-state index in [4.69, 9.17) is 28.4 Å². The molecule has 1 atom stereocenters. The number of halogens is 12. The molecule has 9 rings (SSSR count). The second kappa shape index (κ2) is 40.2. The number of aromatic hydroxyl groups is 5. The number of aliphatic hydroxyl groups is 1. The van der Waals surface area contributed by atoms with E-state index in [0.29, 0.717) is 85.2 Å². The molecule has 9 aromatic rings. The molecule has 564 valence electrons. The van der Waals surface area contributed by atoms with Gasteiger partial charge in [-0.05, 0) is 341 Å². The van der Waals surface area contributed by atoms with Gasteiger partial charge in [0.05, 0.1) is 73.6 Å². The van der Waals surface area contributed by atoms with Crippen molar-refractivity contribution in [2.75, 3.05) is 40.1 Å². The summed E-state index contributed by atoms with van der Waals surface area (Å²) in [5, 5.41) is 63.9. The number of phenolic OH excluding ortho intramolecular Hbond substituents is 5. The predicted molar refractivity (Wildman–Crippen MR) is 463 cm³/mol. The van der Waals surface area contributed by atoms with Gasteiger partial charge in [0.15, 0.2) is 0 Å². The first-order valence-corrected chi connectivity index (χ1v) is 43.1. The molecule has 0 spiro atoms. The minimum absolute atomic E-state index is 0.0561. The van der Waals surface area contributed by atoms with Gasteiger partial charge in [0.1, 0.15) is 34.5 Å². The van der Waals surface area contributed by atoms with E-state index in [9.17, 15) is 30.6 Å². The fourth-order valence-electron chi connectivity index (χ4n) is 12.2. The standard InChI is InChI=1S/C37H52O8.C23H18Br6O2.C21H14Br6O2/c1-8-25-14-31(15-26(34(25)38)20-41-9-2)37(7,32-16-27(21-42-10-3)35(39)28(17-32)22-43-11-4)33-18-29(23-44-12-5)36(40)30(19-33)24-45-13-6;1-11-16(24)4-12(5-17(11)25)23(2,13-6-18(26)15(10-30)19(27)7-13)14-8-20(28)22(31-3)21(29)9-14;1-9-13(22)3-10(4-14(9)23)21(2,11-5-15(24)19(28)16(25)6-11)12-7-17(26)20(29)18(27)8-12/h14-19,38-40H,8-13,20-24H2,1-7H3;4-9,30H,10H2,1-3H3;3-8,28-29H,1-2H3/t;23-;/m.0./s1. The van der Waals surface area contributed by atoms with Gasteiger partial charge in [0.2, 0.25) is 0 Å². The number of ether oxygens (including phenoxy) is 6. The first-order chi connectivity index (χ1) is 49.7. The maximum Gasteiger partial charge on any atom is 0.147 e. The first kappa shape index (κ1) is 89.5. The lowest BCUT2D eigenvalue weighted by Crippen LogP contribution is -2.27. The Labute approximate surface area is 718 Å². The van der Waals surface area contributed by atoms with Crippen molar-refractivity contribution in [1.29, 1.82) is 0 Å². The van der Waals surface area contributed by atoms with Crippen molar-refractivity contribution in [2.45, 2.75) is 138 Å². The SMILES string of the molecule is CCOCc1cc(C(C)(c2cc(COCC)c(O)c(COCC)c2)c2cc(COCC)c(O)c(COCC)c2)cc(CC)c1O.COc1c(Br)cc([C@@](C)(c2cc(Br)c(C)c(Br)c2)c2cc(Br)c(CO)c(Br)c2)cc1Br.Cc1c(Br)cc(C(C)(c2cc(Br)c(O)c(Br)c2)c2cc(Br)c(O)c(Br)c2)cc1Br. The third kappa shape index (κ3) is 20.4. The van der Waals surface area contributed by atoms with Gasteiger partial charge in [-0.25, -0.2) is 0 Å². The Morgan fingerprint density at radius 1 is 0.286 bits per heavy atom. The number of benzene rings is 9.